The van der Waals surface area contributed by atoms with E-state index >= 15 is 0 Å². The molecule has 0 radical (unpaired) electrons. The van der Waals surface area contributed by atoms with Gasteiger partial charge in [0.05, 0.1) is 23.2 Å². The highest BCUT2D eigenvalue weighted by molar-refractivity contribution is 8.02. The predicted octanol–water partition coefficient (Wildman–Crippen LogP) is 3.65. The van der Waals surface area contributed by atoms with Crippen molar-refractivity contribution in [2.24, 2.45) is 11.8 Å². The number of amides is 3. The van der Waals surface area contributed by atoms with Crippen molar-refractivity contribution in [3.63, 3.8) is 0 Å². The second-order valence-corrected chi connectivity index (χ2v) is 12.5. The molecular formula is C31H41N3O5S. The molecule has 1 N–H and O–H groups in total. The minimum Gasteiger partial charge on any atom is -0.494 e. The third-order valence-electron chi connectivity index (χ3n) is 8.54. The third-order valence-corrected chi connectivity index (χ3v) is 10.3. The van der Waals surface area contributed by atoms with Crippen LogP contribution < -0.4 is 9.64 Å². The molecule has 2 saturated heterocycles. The van der Waals surface area contributed by atoms with E-state index in [-0.39, 0.29) is 29.6 Å². The normalized spacial score (nSPS) is 29.4. The maximum absolute atomic E-state index is 14.3. The Kier molecular flexibility index (Phi) is 8.90. The Morgan fingerprint density at radius 1 is 0.950 bits per heavy atom. The fraction of sp³-hybridized carbons (Fsp3) is 0.581. The Bertz CT molecular complexity index is 1150. The summed E-state index contributed by atoms with van der Waals surface area (Å²) in [5, 5.41) is 9.07. The number of hydrogen-bond donors (Lipinski definition) is 1. The van der Waals surface area contributed by atoms with Crippen molar-refractivity contribution in [3.05, 3.63) is 48.6 Å². The Hall–Kier alpha value is -2.78. The molecule has 0 aliphatic carbocycles. The van der Waals surface area contributed by atoms with Crippen LogP contribution in [0.15, 0.2) is 48.6 Å². The maximum atomic E-state index is 14.3. The number of thioether (sulfide) groups is 1. The van der Waals surface area contributed by atoms with Crippen LogP contribution in [-0.4, -0.2) is 88.1 Å². The molecule has 1 aromatic carbocycles. The summed E-state index contributed by atoms with van der Waals surface area (Å²) >= 11 is 1.62. The van der Waals surface area contributed by atoms with Gasteiger partial charge in [-0.25, -0.2) is 0 Å². The molecule has 0 bridgehead atoms. The molecule has 216 valence electrons. The number of anilines is 1. The summed E-state index contributed by atoms with van der Waals surface area (Å²) in [4.78, 5) is 48.2. The quantitative estimate of drug-likeness (QED) is 0.324. The molecule has 4 heterocycles. The van der Waals surface area contributed by atoms with Crippen LogP contribution >= 0.6 is 11.8 Å². The first-order valence-corrected chi connectivity index (χ1v) is 15.6. The van der Waals surface area contributed by atoms with Gasteiger partial charge in [0.15, 0.2) is 0 Å². The van der Waals surface area contributed by atoms with Gasteiger partial charge in [-0.15, -0.1) is 11.8 Å². The number of nitrogens with zero attached hydrogens (tertiary/aromatic N) is 3. The number of rotatable bonds is 11. The number of carbonyl (C=O) groups excluding carboxylic acids is 3. The van der Waals surface area contributed by atoms with Crippen LogP contribution in [0.25, 0.3) is 0 Å². The number of hydrogen-bond acceptors (Lipinski definition) is 6. The number of unbranched alkanes of at least 4 members (excludes halogenated alkanes) is 3. The SMILES string of the molecule is CCCCN1CC=C[C@]23S[C@H]4C=CCN(c5ccc(OCC)cc5)C(=O)[C@H]4[C@H]2C(=O)N(CCCCCO)C3C1=O. The lowest BCUT2D eigenvalue weighted by Gasteiger charge is -2.35. The van der Waals surface area contributed by atoms with Gasteiger partial charge in [-0.3, -0.25) is 14.4 Å². The van der Waals surface area contributed by atoms with Gasteiger partial charge in [-0.1, -0.05) is 37.6 Å². The van der Waals surface area contributed by atoms with Gasteiger partial charge in [0.1, 0.15) is 11.8 Å². The van der Waals surface area contributed by atoms with Crippen LogP contribution in [0.3, 0.4) is 0 Å². The first-order valence-electron chi connectivity index (χ1n) is 14.7. The fourth-order valence-electron chi connectivity index (χ4n) is 6.67. The van der Waals surface area contributed by atoms with Crippen molar-refractivity contribution >= 4 is 35.2 Å². The van der Waals surface area contributed by atoms with E-state index in [1.807, 2.05) is 48.2 Å². The average molecular weight is 568 g/mol. The molecule has 0 saturated carbocycles. The Morgan fingerprint density at radius 3 is 2.48 bits per heavy atom. The highest BCUT2D eigenvalue weighted by Crippen LogP contribution is 2.61. The van der Waals surface area contributed by atoms with Crippen molar-refractivity contribution in [1.29, 1.82) is 0 Å². The molecule has 8 nitrogen and oxygen atoms in total. The van der Waals surface area contributed by atoms with E-state index in [2.05, 4.69) is 19.1 Å². The minimum absolute atomic E-state index is 0.0137. The van der Waals surface area contributed by atoms with E-state index in [1.165, 1.54) is 0 Å². The lowest BCUT2D eigenvalue weighted by Crippen LogP contribution is -2.53. The molecule has 4 aliphatic heterocycles. The highest BCUT2D eigenvalue weighted by Gasteiger charge is 2.70. The number of benzene rings is 1. The maximum Gasteiger partial charge on any atom is 0.247 e. The van der Waals surface area contributed by atoms with E-state index < -0.39 is 22.6 Å². The average Bonchev–Trinajstić information content (AvgIpc) is 3.26. The summed E-state index contributed by atoms with van der Waals surface area (Å²) in [5.41, 5.74) is 0.769. The van der Waals surface area contributed by atoms with Crippen molar-refractivity contribution in [2.45, 2.75) is 62.0 Å². The molecule has 0 aromatic heterocycles. The zero-order valence-corrected chi connectivity index (χ0v) is 24.4. The number of aliphatic hydroxyl groups is 1. The van der Waals surface area contributed by atoms with Gasteiger partial charge >= 0.3 is 0 Å². The van der Waals surface area contributed by atoms with Crippen molar-refractivity contribution in [2.75, 3.05) is 44.3 Å². The summed E-state index contributed by atoms with van der Waals surface area (Å²) in [6.45, 7) is 6.78. The monoisotopic (exact) mass is 567 g/mol. The van der Waals surface area contributed by atoms with Crippen LogP contribution in [0.4, 0.5) is 5.69 Å². The van der Waals surface area contributed by atoms with Crippen LogP contribution in [0.5, 0.6) is 5.75 Å². The summed E-state index contributed by atoms with van der Waals surface area (Å²) in [6.07, 6.45) is 12.3. The number of likely N-dealkylation sites (tertiary alicyclic amines) is 1. The van der Waals surface area contributed by atoms with Gasteiger partial charge in [0.25, 0.3) is 0 Å². The summed E-state index contributed by atoms with van der Waals surface area (Å²) in [6, 6.07) is 6.88. The number of aliphatic hydroxyl groups excluding tert-OH is 1. The topological polar surface area (TPSA) is 90.4 Å². The first-order chi connectivity index (χ1) is 19.5. The standard InChI is InChI=1S/C31H41N3O5S/c1-3-5-17-32-18-10-16-31-26(29(37)34(27(31)30(32)38)19-7-6-8-21-35)25-24(40-31)11-9-20-33(28(25)36)22-12-14-23(15-13-22)39-4-2/h9-16,24-27,35H,3-8,17-21H2,1-2H3/t24-,25+,26-,27?,31-/m0/s1. The zero-order chi connectivity index (χ0) is 28.3. The van der Waals surface area contributed by atoms with Crippen molar-refractivity contribution in [1.82, 2.24) is 9.80 Å². The summed E-state index contributed by atoms with van der Waals surface area (Å²) in [7, 11) is 0. The third kappa shape index (κ3) is 5.07. The molecule has 5 rings (SSSR count). The number of ether oxygens (including phenoxy) is 1. The molecule has 40 heavy (non-hydrogen) atoms. The van der Waals surface area contributed by atoms with Crippen molar-refractivity contribution in [3.8, 4) is 5.75 Å². The van der Waals surface area contributed by atoms with E-state index in [9.17, 15) is 19.5 Å². The zero-order valence-electron chi connectivity index (χ0n) is 23.5. The highest BCUT2D eigenvalue weighted by atomic mass is 32.2. The lowest BCUT2D eigenvalue weighted by molar-refractivity contribution is -0.142. The Morgan fingerprint density at radius 2 is 1.75 bits per heavy atom. The summed E-state index contributed by atoms with van der Waals surface area (Å²) < 4.78 is 4.80. The molecular weight excluding hydrogens is 526 g/mol. The van der Waals surface area contributed by atoms with Crippen LogP contribution in [0.2, 0.25) is 0 Å². The second-order valence-electron chi connectivity index (χ2n) is 11.0. The first kappa shape index (κ1) is 28.7. The smallest absolute Gasteiger partial charge is 0.247 e. The van der Waals surface area contributed by atoms with Gasteiger partial charge in [-0.05, 0) is 56.9 Å². The molecule has 5 atom stereocenters. The fourth-order valence-corrected chi connectivity index (χ4v) is 8.67. The van der Waals surface area contributed by atoms with E-state index in [4.69, 9.17) is 4.74 Å². The second kappa shape index (κ2) is 12.4. The minimum atomic E-state index is -0.788. The number of carbonyl (C=O) groups is 3. The van der Waals surface area contributed by atoms with Gasteiger partial charge in [0, 0.05) is 43.7 Å². The molecule has 2 fully saturated rings. The van der Waals surface area contributed by atoms with Crippen LogP contribution in [0.1, 0.15) is 46.0 Å². The molecule has 4 aliphatic rings. The largest absolute Gasteiger partial charge is 0.494 e. The van der Waals surface area contributed by atoms with Crippen LogP contribution in [0, 0.1) is 11.8 Å². The Balaban J connectivity index is 1.50. The van der Waals surface area contributed by atoms with Crippen LogP contribution in [-0.2, 0) is 14.4 Å². The van der Waals surface area contributed by atoms with E-state index in [0.29, 0.717) is 45.6 Å². The molecule has 1 unspecified atom stereocenters. The van der Waals surface area contributed by atoms with Gasteiger partial charge in [-0.2, -0.15) is 0 Å². The summed E-state index contributed by atoms with van der Waals surface area (Å²) in [5.74, 6) is -0.613. The van der Waals surface area contributed by atoms with Gasteiger partial charge < -0.3 is 24.5 Å². The van der Waals surface area contributed by atoms with Crippen molar-refractivity contribution < 1.29 is 24.2 Å². The molecule has 1 spiro atoms. The lowest BCUT2D eigenvalue weighted by atomic mass is 9.78. The molecule has 9 heteroatoms. The predicted molar refractivity (Wildman–Crippen MR) is 157 cm³/mol. The van der Waals surface area contributed by atoms with Gasteiger partial charge in [0.2, 0.25) is 17.7 Å². The molecule has 1 aromatic rings. The van der Waals surface area contributed by atoms with E-state index in [1.54, 1.807) is 21.6 Å². The molecule has 3 amide bonds. The van der Waals surface area contributed by atoms with E-state index in [0.717, 1.165) is 30.7 Å². The Labute approximate surface area is 241 Å². The number of fused-ring (bicyclic) bond motifs is 2.